The van der Waals surface area contributed by atoms with Crippen LogP contribution < -0.4 is 16.2 Å². The fourth-order valence-electron chi connectivity index (χ4n) is 7.68. The van der Waals surface area contributed by atoms with E-state index in [2.05, 4.69) is 43.0 Å². The summed E-state index contributed by atoms with van der Waals surface area (Å²) in [6.07, 6.45) is 0. The van der Waals surface area contributed by atoms with Crippen LogP contribution in [0.1, 0.15) is 13.8 Å². The average molecular weight is 638 g/mol. The maximum Gasteiger partial charge on any atom is 0.344 e. The van der Waals surface area contributed by atoms with Crippen LogP contribution >= 0.6 is 0 Å². The van der Waals surface area contributed by atoms with E-state index < -0.39 is 11.3 Å². The normalized spacial score (nSPS) is 11.8. The summed E-state index contributed by atoms with van der Waals surface area (Å²) in [6.45, 7) is 5.94. The molecule has 0 radical (unpaired) electrons. The number of rotatable bonds is 5. The van der Waals surface area contributed by atoms with Crippen molar-refractivity contribution < 1.29 is 8.83 Å². The molecule has 236 valence electrons. The van der Waals surface area contributed by atoms with Crippen molar-refractivity contribution in [1.29, 1.82) is 0 Å². The van der Waals surface area contributed by atoms with Crippen LogP contribution in [0.15, 0.2) is 146 Å². The van der Waals surface area contributed by atoms with Gasteiger partial charge in [-0.3, -0.25) is 0 Å². The maximum atomic E-state index is 14.1. The van der Waals surface area contributed by atoms with Gasteiger partial charge in [0.25, 0.3) is 0 Å². The number of hydrogen-bond donors (Lipinski definition) is 0. The first-order valence-corrected chi connectivity index (χ1v) is 16.7. The first-order valence-electron chi connectivity index (χ1n) is 16.7. The molecule has 2 aromatic heterocycles. The predicted molar refractivity (Wildman–Crippen MR) is 203 cm³/mol. The van der Waals surface area contributed by atoms with Gasteiger partial charge in [-0.1, -0.05) is 97.1 Å². The van der Waals surface area contributed by atoms with E-state index in [0.29, 0.717) is 22.3 Å². The number of benzene rings is 7. The van der Waals surface area contributed by atoms with Gasteiger partial charge in [-0.15, -0.1) is 0 Å². The Hall–Kier alpha value is -6.20. The predicted octanol–water partition coefficient (Wildman–Crippen LogP) is 10.7. The van der Waals surface area contributed by atoms with Gasteiger partial charge in [0.05, 0.1) is 11.1 Å². The lowest BCUT2D eigenvalue weighted by atomic mass is 9.86. The van der Waals surface area contributed by atoms with E-state index in [1.54, 1.807) is 0 Å². The van der Waals surface area contributed by atoms with Crippen LogP contribution in [-0.2, 0) is 0 Å². The minimum atomic E-state index is -0.412. The molecule has 0 aliphatic heterocycles. The summed E-state index contributed by atoms with van der Waals surface area (Å²) in [5.74, 6) is 0. The van der Waals surface area contributed by atoms with Crippen molar-refractivity contribution in [3.8, 4) is 22.3 Å². The summed E-state index contributed by atoms with van der Waals surface area (Å²) in [7, 11) is 0. The molecule has 0 bridgehead atoms. The largest absolute Gasteiger partial charge is 0.422 e. The summed E-state index contributed by atoms with van der Waals surface area (Å²) in [5.41, 5.74) is 3.83. The highest BCUT2D eigenvalue weighted by Crippen LogP contribution is 2.44. The van der Waals surface area contributed by atoms with Gasteiger partial charge in [-0.25, -0.2) is 9.59 Å². The molecule has 9 rings (SSSR count). The molecule has 0 amide bonds. The number of nitrogens with zero attached hydrogens (tertiary/aromatic N) is 1. The Bertz CT molecular complexity index is 2860. The molecule has 7 aromatic carbocycles. The maximum absolute atomic E-state index is 14.1. The number of anilines is 1. The van der Waals surface area contributed by atoms with E-state index in [0.717, 1.165) is 83.8 Å². The van der Waals surface area contributed by atoms with E-state index in [-0.39, 0.29) is 0 Å². The zero-order chi connectivity index (χ0) is 33.2. The molecular weight excluding hydrogens is 606 g/mol. The van der Waals surface area contributed by atoms with E-state index >= 15 is 0 Å². The first-order chi connectivity index (χ1) is 24.1. The van der Waals surface area contributed by atoms with Gasteiger partial charge < -0.3 is 13.7 Å². The molecule has 0 fully saturated rings. The van der Waals surface area contributed by atoms with Crippen molar-refractivity contribution in [2.75, 3.05) is 18.0 Å². The molecule has 0 aliphatic rings. The minimum Gasteiger partial charge on any atom is -0.422 e. The number of hydrogen-bond acceptors (Lipinski definition) is 5. The average Bonchev–Trinajstić information content (AvgIpc) is 3.14. The second-order valence-corrected chi connectivity index (χ2v) is 12.5. The second-order valence-electron chi connectivity index (χ2n) is 12.5. The Morgan fingerprint density at radius 2 is 0.918 bits per heavy atom. The monoisotopic (exact) mass is 637 g/mol. The topological polar surface area (TPSA) is 63.7 Å². The van der Waals surface area contributed by atoms with Gasteiger partial charge in [0.2, 0.25) is 0 Å². The van der Waals surface area contributed by atoms with E-state index in [4.69, 9.17) is 8.83 Å². The molecule has 5 heteroatoms. The van der Waals surface area contributed by atoms with Crippen LogP contribution in [0.2, 0.25) is 0 Å². The summed E-state index contributed by atoms with van der Waals surface area (Å²) in [4.78, 5) is 30.2. The number of fused-ring (bicyclic) bond motifs is 9. The Kier molecular flexibility index (Phi) is 6.63. The fraction of sp³-hybridized carbons (Fsp3) is 0.0909. The Balaban J connectivity index is 1.36. The van der Waals surface area contributed by atoms with Gasteiger partial charge in [0.15, 0.2) is 0 Å². The standard InChI is InChI=1S/C44H31NO4/c1-3-45(4-2)27-22-21-26-23-37(43(46)48-39(26)24-27)40-31-16-8-10-18-33(31)41(34-19-11-9-17-32(34)40)38-25-36-30-15-6-5-13-28(30)29-14-7-12-20-35(29)42(36)49-44(38)47/h5-25H,3-4H2,1-2H3. The van der Waals surface area contributed by atoms with E-state index in [1.165, 1.54) is 0 Å². The molecule has 2 heterocycles. The fourth-order valence-corrected chi connectivity index (χ4v) is 7.68. The van der Waals surface area contributed by atoms with E-state index in [9.17, 15) is 9.59 Å². The van der Waals surface area contributed by atoms with Gasteiger partial charge in [0, 0.05) is 52.1 Å². The quantitative estimate of drug-likeness (QED) is 0.107. The highest BCUT2D eigenvalue weighted by Gasteiger charge is 2.22. The van der Waals surface area contributed by atoms with Gasteiger partial charge in [0.1, 0.15) is 11.2 Å². The Morgan fingerprint density at radius 1 is 0.469 bits per heavy atom. The lowest BCUT2D eigenvalue weighted by Crippen LogP contribution is -2.21. The Morgan fingerprint density at radius 3 is 1.47 bits per heavy atom. The zero-order valence-electron chi connectivity index (χ0n) is 27.1. The highest BCUT2D eigenvalue weighted by atomic mass is 16.4. The lowest BCUT2D eigenvalue weighted by Gasteiger charge is -2.21. The van der Waals surface area contributed by atoms with Crippen LogP contribution in [0.3, 0.4) is 0 Å². The molecule has 0 atom stereocenters. The van der Waals surface area contributed by atoms with Gasteiger partial charge in [-0.2, -0.15) is 0 Å². The van der Waals surface area contributed by atoms with Crippen molar-refractivity contribution in [2.45, 2.75) is 13.8 Å². The molecule has 0 spiro atoms. The first kappa shape index (κ1) is 29.0. The third-order valence-corrected chi connectivity index (χ3v) is 9.95. The molecule has 9 aromatic rings. The molecule has 0 unspecified atom stereocenters. The molecule has 0 saturated heterocycles. The summed E-state index contributed by atoms with van der Waals surface area (Å²) < 4.78 is 12.3. The van der Waals surface area contributed by atoms with Gasteiger partial charge >= 0.3 is 11.3 Å². The summed E-state index contributed by atoms with van der Waals surface area (Å²) in [6, 6.07) is 42.2. The SMILES string of the molecule is CCN(CC)c1ccc2cc(-c3c4ccccc4c(-c4cc5c6ccccc6c6ccccc6c5oc4=O)c4ccccc34)c(=O)oc2c1. The van der Waals surface area contributed by atoms with E-state index in [1.807, 2.05) is 103 Å². The van der Waals surface area contributed by atoms with Crippen LogP contribution in [0, 0.1) is 0 Å². The van der Waals surface area contributed by atoms with Crippen LogP contribution in [-0.4, -0.2) is 13.1 Å². The molecule has 0 saturated carbocycles. The second kappa shape index (κ2) is 11.2. The Labute approximate surface area is 281 Å². The summed E-state index contributed by atoms with van der Waals surface area (Å²) >= 11 is 0. The van der Waals surface area contributed by atoms with Crippen molar-refractivity contribution >= 4 is 70.7 Å². The summed E-state index contributed by atoms with van der Waals surface area (Å²) in [5, 5.41) is 9.19. The third kappa shape index (κ3) is 4.39. The zero-order valence-corrected chi connectivity index (χ0v) is 27.1. The van der Waals surface area contributed by atoms with Crippen LogP contribution in [0.25, 0.3) is 87.3 Å². The molecule has 0 N–H and O–H groups in total. The molecule has 0 aliphatic carbocycles. The van der Waals surface area contributed by atoms with Crippen molar-refractivity contribution in [2.24, 2.45) is 0 Å². The smallest absolute Gasteiger partial charge is 0.344 e. The van der Waals surface area contributed by atoms with Crippen molar-refractivity contribution in [3.05, 3.63) is 148 Å². The van der Waals surface area contributed by atoms with Crippen molar-refractivity contribution in [1.82, 2.24) is 0 Å². The van der Waals surface area contributed by atoms with Gasteiger partial charge in [-0.05, 0) is 75.8 Å². The van der Waals surface area contributed by atoms with Crippen LogP contribution in [0.4, 0.5) is 5.69 Å². The minimum absolute atomic E-state index is 0.407. The highest BCUT2D eigenvalue weighted by molar-refractivity contribution is 6.25. The lowest BCUT2D eigenvalue weighted by molar-refractivity contribution is 0.563. The third-order valence-electron chi connectivity index (χ3n) is 9.95. The van der Waals surface area contributed by atoms with Crippen molar-refractivity contribution in [3.63, 3.8) is 0 Å². The van der Waals surface area contributed by atoms with Crippen LogP contribution in [0.5, 0.6) is 0 Å². The molecule has 49 heavy (non-hydrogen) atoms. The molecule has 5 nitrogen and oxygen atoms in total. The molecular formula is C44H31NO4.